The monoisotopic (exact) mass is 464 g/mol. The summed E-state index contributed by atoms with van der Waals surface area (Å²) in [6, 6.07) is 10.1. The van der Waals surface area contributed by atoms with Gasteiger partial charge in [0.25, 0.3) is 0 Å². The number of alkyl halides is 6. The Balaban J connectivity index is 2.04. The summed E-state index contributed by atoms with van der Waals surface area (Å²) in [6.45, 7) is 8.13. The largest absolute Gasteiger partial charge is 0.416 e. The summed E-state index contributed by atoms with van der Waals surface area (Å²) >= 11 is 0. The molecule has 0 spiro atoms. The van der Waals surface area contributed by atoms with Gasteiger partial charge in [0.05, 0.1) is 16.5 Å². The van der Waals surface area contributed by atoms with Crippen molar-refractivity contribution in [1.82, 2.24) is 0 Å². The van der Waals surface area contributed by atoms with E-state index in [1.54, 1.807) is 12.1 Å². The van der Waals surface area contributed by atoms with Gasteiger partial charge in [-0.2, -0.15) is 26.3 Å². The highest BCUT2D eigenvalue weighted by atomic mass is 19.4. The molecule has 6 heteroatoms. The molecule has 2 bridgehead atoms. The topological polar surface area (TPSA) is 0 Å². The predicted octanol–water partition coefficient (Wildman–Crippen LogP) is 8.72. The molecule has 0 amide bonds. The van der Waals surface area contributed by atoms with E-state index in [0.29, 0.717) is 11.1 Å². The second kappa shape index (κ2) is 7.51. The van der Waals surface area contributed by atoms with Crippen LogP contribution in [0.2, 0.25) is 0 Å². The minimum Gasteiger partial charge on any atom is -0.166 e. The molecule has 3 aliphatic carbocycles. The Morgan fingerprint density at radius 3 is 1.67 bits per heavy atom. The second-order valence-corrected chi connectivity index (χ2v) is 9.92. The fourth-order valence-electron chi connectivity index (χ4n) is 5.55. The van der Waals surface area contributed by atoms with Gasteiger partial charge in [-0.15, -0.1) is 0 Å². The molecule has 1 unspecified atom stereocenters. The smallest absolute Gasteiger partial charge is 0.166 e. The molecule has 5 rings (SSSR count). The maximum atomic E-state index is 13.6. The Bertz CT molecular complexity index is 1080. The standard InChI is InChI=1S/C27H26F6/c1-5-8-16-13-21-23(24(2,3)4)22(16)25(21,17-9-6-11-19(14-17)26(28,29)30)18-10-7-12-20(15-18)27(31,32)33/h6-7,9-16H,5,8H2,1-4H3. The molecule has 0 saturated heterocycles. The van der Waals surface area contributed by atoms with Gasteiger partial charge in [-0.3, -0.25) is 0 Å². The maximum Gasteiger partial charge on any atom is 0.416 e. The third kappa shape index (κ3) is 3.62. The van der Waals surface area contributed by atoms with Crippen molar-refractivity contribution in [2.75, 3.05) is 0 Å². The average Bonchev–Trinajstić information content (AvgIpc) is 3.23. The third-order valence-electron chi connectivity index (χ3n) is 6.68. The van der Waals surface area contributed by atoms with E-state index >= 15 is 0 Å². The third-order valence-corrected chi connectivity index (χ3v) is 6.68. The molecule has 0 saturated carbocycles. The minimum absolute atomic E-state index is 0.0108. The first-order chi connectivity index (χ1) is 15.2. The van der Waals surface area contributed by atoms with E-state index < -0.39 is 28.9 Å². The highest BCUT2D eigenvalue weighted by Crippen LogP contribution is 2.68. The Kier molecular flexibility index (Phi) is 5.38. The lowest BCUT2D eigenvalue weighted by Gasteiger charge is -2.51. The molecule has 2 aromatic carbocycles. The lowest BCUT2D eigenvalue weighted by atomic mass is 9.51. The molecule has 2 aromatic rings. The van der Waals surface area contributed by atoms with Crippen LogP contribution < -0.4 is 0 Å². The fraction of sp³-hybridized carbons (Fsp3) is 0.407. The fourth-order valence-corrected chi connectivity index (χ4v) is 5.55. The molecule has 33 heavy (non-hydrogen) atoms. The van der Waals surface area contributed by atoms with Crippen molar-refractivity contribution in [3.63, 3.8) is 0 Å². The normalized spacial score (nSPS) is 20.1. The van der Waals surface area contributed by atoms with Crippen LogP contribution in [0.3, 0.4) is 0 Å². The van der Waals surface area contributed by atoms with Crippen molar-refractivity contribution >= 4 is 0 Å². The number of hydrogen-bond donors (Lipinski definition) is 0. The van der Waals surface area contributed by atoms with Gasteiger partial charge in [-0.05, 0) is 51.8 Å². The summed E-state index contributed by atoms with van der Waals surface area (Å²) in [5, 5.41) is 0. The van der Waals surface area contributed by atoms with Crippen LogP contribution in [-0.2, 0) is 17.8 Å². The summed E-state index contributed by atoms with van der Waals surface area (Å²) < 4.78 is 81.6. The molecule has 0 fully saturated rings. The molecule has 0 aromatic heterocycles. The number of rotatable bonds is 4. The number of hydrogen-bond acceptors (Lipinski definition) is 0. The summed E-state index contributed by atoms with van der Waals surface area (Å²) in [6.07, 6.45) is -5.38. The van der Waals surface area contributed by atoms with Gasteiger partial charge < -0.3 is 0 Å². The van der Waals surface area contributed by atoms with Gasteiger partial charge in [0, 0.05) is 5.92 Å². The molecular weight excluding hydrogens is 438 g/mol. The van der Waals surface area contributed by atoms with E-state index in [9.17, 15) is 26.3 Å². The summed E-state index contributed by atoms with van der Waals surface area (Å²) in [5.41, 5.74) is 0.560. The van der Waals surface area contributed by atoms with Crippen LogP contribution in [0, 0.1) is 11.3 Å². The van der Waals surface area contributed by atoms with Crippen molar-refractivity contribution < 1.29 is 26.3 Å². The quantitative estimate of drug-likeness (QED) is 0.397. The highest BCUT2D eigenvalue weighted by Gasteiger charge is 2.60. The second-order valence-electron chi connectivity index (χ2n) is 9.92. The van der Waals surface area contributed by atoms with E-state index in [-0.39, 0.29) is 11.3 Å². The number of fused-ring (bicyclic) bond motifs is 1. The van der Waals surface area contributed by atoms with E-state index in [1.807, 2.05) is 27.7 Å². The number of halogens is 6. The average molecular weight is 464 g/mol. The Hall–Kier alpha value is -2.50. The van der Waals surface area contributed by atoms with Crippen molar-refractivity contribution in [3.05, 3.63) is 93.6 Å². The first-order valence-electron chi connectivity index (χ1n) is 11.1. The van der Waals surface area contributed by atoms with Gasteiger partial charge in [0.2, 0.25) is 0 Å². The van der Waals surface area contributed by atoms with E-state index in [0.717, 1.165) is 53.8 Å². The van der Waals surface area contributed by atoms with Gasteiger partial charge >= 0.3 is 12.4 Å². The van der Waals surface area contributed by atoms with Crippen molar-refractivity contribution in [2.45, 2.75) is 58.3 Å². The zero-order valence-electron chi connectivity index (χ0n) is 19.0. The molecule has 0 aliphatic heterocycles. The Morgan fingerprint density at radius 1 is 0.788 bits per heavy atom. The van der Waals surface area contributed by atoms with Crippen LogP contribution in [0.5, 0.6) is 0 Å². The molecule has 0 nitrogen and oxygen atoms in total. The van der Waals surface area contributed by atoms with Gasteiger partial charge in [-0.1, -0.05) is 76.6 Å². The van der Waals surface area contributed by atoms with E-state index in [2.05, 4.69) is 6.08 Å². The number of allylic oxidation sites excluding steroid dienone is 4. The highest BCUT2D eigenvalue weighted by molar-refractivity contribution is 5.79. The predicted molar refractivity (Wildman–Crippen MR) is 117 cm³/mol. The van der Waals surface area contributed by atoms with Crippen LogP contribution in [0.25, 0.3) is 0 Å². The molecular formula is C27H26F6. The van der Waals surface area contributed by atoms with E-state index in [4.69, 9.17) is 0 Å². The molecule has 3 aliphatic rings. The van der Waals surface area contributed by atoms with Crippen LogP contribution in [-0.4, -0.2) is 0 Å². The lowest BCUT2D eigenvalue weighted by Crippen LogP contribution is -2.43. The van der Waals surface area contributed by atoms with Gasteiger partial charge in [0.15, 0.2) is 0 Å². The lowest BCUT2D eigenvalue weighted by molar-refractivity contribution is -0.138. The van der Waals surface area contributed by atoms with Crippen LogP contribution in [0.1, 0.15) is 62.8 Å². The van der Waals surface area contributed by atoms with Crippen molar-refractivity contribution in [3.8, 4) is 0 Å². The first kappa shape index (κ1) is 23.7. The van der Waals surface area contributed by atoms with Crippen molar-refractivity contribution in [2.24, 2.45) is 11.3 Å². The zero-order valence-corrected chi connectivity index (χ0v) is 19.0. The SMILES string of the molecule is CCCC1C=C2C(C(C)(C)C)=C1C2(c1cccc(C(F)(F)F)c1)c1cccc(C(F)(F)F)c1. The zero-order chi connectivity index (χ0) is 24.4. The summed E-state index contributed by atoms with van der Waals surface area (Å²) in [4.78, 5) is 0. The van der Waals surface area contributed by atoms with Crippen molar-refractivity contribution in [1.29, 1.82) is 0 Å². The van der Waals surface area contributed by atoms with Crippen LogP contribution >= 0.6 is 0 Å². The molecule has 0 N–H and O–H groups in total. The van der Waals surface area contributed by atoms with Gasteiger partial charge in [0.1, 0.15) is 0 Å². The maximum absolute atomic E-state index is 13.6. The minimum atomic E-state index is -4.55. The summed E-state index contributed by atoms with van der Waals surface area (Å²) in [5.74, 6) is -0.0108. The number of benzene rings is 2. The van der Waals surface area contributed by atoms with Crippen LogP contribution in [0.4, 0.5) is 26.3 Å². The van der Waals surface area contributed by atoms with E-state index in [1.165, 1.54) is 12.1 Å². The van der Waals surface area contributed by atoms with Crippen LogP contribution in [0.15, 0.2) is 71.3 Å². The molecule has 0 radical (unpaired) electrons. The Morgan fingerprint density at radius 2 is 1.27 bits per heavy atom. The Labute approximate surface area is 190 Å². The molecule has 176 valence electrons. The summed E-state index contributed by atoms with van der Waals surface area (Å²) in [7, 11) is 0. The van der Waals surface area contributed by atoms with Gasteiger partial charge in [-0.25, -0.2) is 0 Å². The molecule has 1 atom stereocenters. The first-order valence-corrected chi connectivity index (χ1v) is 11.1. The molecule has 0 heterocycles.